The first kappa shape index (κ1) is 13.4. The Morgan fingerprint density at radius 2 is 2.05 bits per heavy atom. The van der Waals surface area contributed by atoms with Crippen LogP contribution in [0, 0.1) is 6.92 Å². The van der Waals surface area contributed by atoms with Crippen molar-refractivity contribution in [3.05, 3.63) is 29.8 Å². The normalized spacial score (nSPS) is 22.3. The zero-order chi connectivity index (χ0) is 14.0. The number of carboxylic acid groups (broad SMARTS) is 1. The van der Waals surface area contributed by atoms with Crippen LogP contribution in [0.15, 0.2) is 24.3 Å². The first-order valence-corrected chi connectivity index (χ1v) is 6.03. The van der Waals surface area contributed by atoms with Gasteiger partial charge in [0.05, 0.1) is 6.10 Å². The lowest BCUT2D eigenvalue weighted by Crippen LogP contribution is -2.43. The molecule has 0 unspecified atom stereocenters. The molecule has 0 aliphatic carbocycles. The number of aliphatic hydroxyl groups excluding tert-OH is 1. The Morgan fingerprint density at radius 3 is 2.68 bits per heavy atom. The summed E-state index contributed by atoms with van der Waals surface area (Å²) in [7, 11) is 0. The number of rotatable bonds is 2. The number of carboxylic acids is 1. The Bertz CT molecular complexity index is 503. The van der Waals surface area contributed by atoms with E-state index in [0.29, 0.717) is 5.69 Å². The van der Waals surface area contributed by atoms with Gasteiger partial charge in [0.1, 0.15) is 6.04 Å². The summed E-state index contributed by atoms with van der Waals surface area (Å²) in [5, 5.41) is 21.2. The summed E-state index contributed by atoms with van der Waals surface area (Å²) >= 11 is 0. The van der Waals surface area contributed by atoms with Gasteiger partial charge < -0.3 is 20.4 Å². The topological polar surface area (TPSA) is 89.9 Å². The number of carbonyl (C=O) groups is 2. The van der Waals surface area contributed by atoms with Crippen molar-refractivity contribution >= 4 is 17.7 Å². The predicted octanol–water partition coefficient (Wildman–Crippen LogP) is 1.05. The largest absolute Gasteiger partial charge is 0.480 e. The van der Waals surface area contributed by atoms with Crippen LogP contribution < -0.4 is 5.32 Å². The van der Waals surface area contributed by atoms with E-state index in [9.17, 15) is 14.7 Å². The third-order valence-corrected chi connectivity index (χ3v) is 3.21. The molecule has 2 atom stereocenters. The van der Waals surface area contributed by atoms with Gasteiger partial charge in [-0.15, -0.1) is 0 Å². The number of urea groups is 1. The number of aliphatic hydroxyl groups is 1. The lowest BCUT2D eigenvalue weighted by atomic mass is 10.2. The van der Waals surface area contributed by atoms with Crippen molar-refractivity contribution < 1.29 is 19.8 Å². The fraction of sp³-hybridized carbons (Fsp3) is 0.385. The van der Waals surface area contributed by atoms with Gasteiger partial charge in [-0.25, -0.2) is 9.59 Å². The Labute approximate surface area is 110 Å². The standard InChI is InChI=1S/C13H16N2O4/c1-8-4-2-3-5-10(8)14-13(19)15-7-9(16)6-11(15)12(17)18/h2-5,9,11,16H,6-7H2,1H3,(H,14,19)(H,17,18)/t9-,11-/m1/s1. The lowest BCUT2D eigenvalue weighted by molar-refractivity contribution is -0.141. The van der Waals surface area contributed by atoms with Gasteiger partial charge in [-0.1, -0.05) is 18.2 Å². The highest BCUT2D eigenvalue weighted by atomic mass is 16.4. The molecule has 2 rings (SSSR count). The summed E-state index contributed by atoms with van der Waals surface area (Å²) in [5.41, 5.74) is 1.53. The molecule has 102 valence electrons. The third kappa shape index (κ3) is 2.85. The van der Waals surface area contributed by atoms with Crippen LogP contribution in [-0.4, -0.2) is 45.8 Å². The fourth-order valence-electron chi connectivity index (χ4n) is 2.17. The van der Waals surface area contributed by atoms with Gasteiger partial charge in [-0.05, 0) is 18.6 Å². The molecule has 1 saturated heterocycles. The average Bonchev–Trinajstić information content (AvgIpc) is 2.74. The minimum Gasteiger partial charge on any atom is -0.480 e. The molecule has 0 aromatic heterocycles. The maximum absolute atomic E-state index is 12.1. The summed E-state index contributed by atoms with van der Waals surface area (Å²) in [4.78, 5) is 24.3. The van der Waals surface area contributed by atoms with Gasteiger partial charge in [0.15, 0.2) is 0 Å². The van der Waals surface area contributed by atoms with Gasteiger partial charge in [0, 0.05) is 18.7 Å². The van der Waals surface area contributed by atoms with Gasteiger partial charge >= 0.3 is 12.0 Å². The van der Waals surface area contributed by atoms with E-state index in [1.165, 1.54) is 0 Å². The number of amides is 2. The molecule has 3 N–H and O–H groups in total. The smallest absolute Gasteiger partial charge is 0.326 e. The molecule has 6 heteroatoms. The van der Waals surface area contributed by atoms with Crippen LogP contribution in [0.25, 0.3) is 0 Å². The number of aliphatic carboxylic acids is 1. The molecule has 1 aliphatic heterocycles. The zero-order valence-corrected chi connectivity index (χ0v) is 10.5. The minimum absolute atomic E-state index is 0.0364. The molecule has 19 heavy (non-hydrogen) atoms. The molecule has 6 nitrogen and oxygen atoms in total. The molecule has 0 radical (unpaired) electrons. The van der Waals surface area contributed by atoms with E-state index in [-0.39, 0.29) is 13.0 Å². The summed E-state index contributed by atoms with van der Waals surface area (Å²) in [6.45, 7) is 1.89. The highest BCUT2D eigenvalue weighted by Gasteiger charge is 2.39. The predicted molar refractivity (Wildman–Crippen MR) is 69.0 cm³/mol. The van der Waals surface area contributed by atoms with Crippen molar-refractivity contribution in [2.75, 3.05) is 11.9 Å². The number of β-amino-alcohol motifs (C(OH)–C–C–N with tert-alkyl or cyclic N) is 1. The molecule has 0 bridgehead atoms. The Balaban J connectivity index is 2.11. The summed E-state index contributed by atoms with van der Waals surface area (Å²) in [6.07, 6.45) is -0.722. The van der Waals surface area contributed by atoms with Crippen LogP contribution in [-0.2, 0) is 4.79 Å². The second-order valence-electron chi connectivity index (χ2n) is 4.64. The lowest BCUT2D eigenvalue weighted by Gasteiger charge is -2.22. The van der Waals surface area contributed by atoms with Crippen molar-refractivity contribution in [2.24, 2.45) is 0 Å². The Hall–Kier alpha value is -2.08. The maximum atomic E-state index is 12.1. The zero-order valence-electron chi connectivity index (χ0n) is 10.5. The SMILES string of the molecule is Cc1ccccc1NC(=O)N1C[C@H](O)C[C@@H]1C(=O)O. The number of likely N-dealkylation sites (tertiary alicyclic amines) is 1. The average molecular weight is 264 g/mol. The second-order valence-corrected chi connectivity index (χ2v) is 4.64. The third-order valence-electron chi connectivity index (χ3n) is 3.21. The Kier molecular flexibility index (Phi) is 3.71. The second kappa shape index (κ2) is 5.27. The van der Waals surface area contributed by atoms with Crippen LogP contribution in [0.4, 0.5) is 10.5 Å². The van der Waals surface area contributed by atoms with E-state index in [1.807, 2.05) is 19.1 Å². The molecule has 1 aliphatic rings. The first-order valence-electron chi connectivity index (χ1n) is 6.03. The molecule has 0 spiro atoms. The number of anilines is 1. The van der Waals surface area contributed by atoms with Crippen molar-refractivity contribution in [3.63, 3.8) is 0 Å². The summed E-state index contributed by atoms with van der Waals surface area (Å²) in [6, 6.07) is 5.76. The fourth-order valence-corrected chi connectivity index (χ4v) is 2.17. The molecule has 1 aromatic carbocycles. The molecule has 1 heterocycles. The van der Waals surface area contributed by atoms with Crippen molar-refractivity contribution in [3.8, 4) is 0 Å². The maximum Gasteiger partial charge on any atom is 0.326 e. The van der Waals surface area contributed by atoms with Crippen LogP contribution in [0.1, 0.15) is 12.0 Å². The molecular formula is C13H16N2O4. The highest BCUT2D eigenvalue weighted by molar-refractivity contribution is 5.93. The van der Waals surface area contributed by atoms with E-state index < -0.39 is 24.1 Å². The number of hydrogen-bond donors (Lipinski definition) is 3. The molecular weight excluding hydrogens is 248 g/mol. The van der Waals surface area contributed by atoms with Gasteiger partial charge in [0.25, 0.3) is 0 Å². The van der Waals surface area contributed by atoms with E-state index in [4.69, 9.17) is 5.11 Å². The van der Waals surface area contributed by atoms with E-state index in [0.717, 1.165) is 10.5 Å². The molecule has 0 saturated carbocycles. The number of hydrogen-bond acceptors (Lipinski definition) is 3. The van der Waals surface area contributed by atoms with Crippen LogP contribution in [0.3, 0.4) is 0 Å². The van der Waals surface area contributed by atoms with Crippen LogP contribution in [0.2, 0.25) is 0 Å². The van der Waals surface area contributed by atoms with Crippen molar-refractivity contribution in [2.45, 2.75) is 25.5 Å². The number of carbonyl (C=O) groups excluding carboxylic acids is 1. The number of aryl methyl sites for hydroxylation is 1. The number of nitrogens with zero attached hydrogens (tertiary/aromatic N) is 1. The molecule has 2 amide bonds. The highest BCUT2D eigenvalue weighted by Crippen LogP contribution is 2.21. The van der Waals surface area contributed by atoms with Gasteiger partial charge in [-0.3, -0.25) is 0 Å². The number of para-hydroxylation sites is 1. The molecule has 1 fully saturated rings. The Morgan fingerprint density at radius 1 is 1.37 bits per heavy atom. The van der Waals surface area contributed by atoms with E-state index >= 15 is 0 Å². The van der Waals surface area contributed by atoms with Crippen LogP contribution in [0.5, 0.6) is 0 Å². The monoisotopic (exact) mass is 264 g/mol. The van der Waals surface area contributed by atoms with Gasteiger partial charge in [0.2, 0.25) is 0 Å². The summed E-state index contributed by atoms with van der Waals surface area (Å²) < 4.78 is 0. The van der Waals surface area contributed by atoms with E-state index in [2.05, 4.69) is 5.32 Å². The first-order chi connectivity index (χ1) is 8.99. The van der Waals surface area contributed by atoms with Crippen molar-refractivity contribution in [1.29, 1.82) is 0 Å². The van der Waals surface area contributed by atoms with E-state index in [1.54, 1.807) is 12.1 Å². The molecule has 1 aromatic rings. The summed E-state index contributed by atoms with van der Waals surface area (Å²) in [5.74, 6) is -1.10. The number of nitrogens with one attached hydrogen (secondary N) is 1. The van der Waals surface area contributed by atoms with Gasteiger partial charge in [-0.2, -0.15) is 0 Å². The number of benzene rings is 1. The van der Waals surface area contributed by atoms with Crippen LogP contribution >= 0.6 is 0 Å². The van der Waals surface area contributed by atoms with Crippen molar-refractivity contribution in [1.82, 2.24) is 4.90 Å². The minimum atomic E-state index is -1.10. The quantitative estimate of drug-likeness (QED) is 0.744.